The average molecular weight is 137 g/mol. The molecule has 10 heavy (non-hydrogen) atoms. The van der Waals surface area contributed by atoms with Crippen LogP contribution >= 0.6 is 0 Å². The van der Waals surface area contributed by atoms with Crippen molar-refractivity contribution in [2.24, 2.45) is 0 Å². The first-order valence-electron chi connectivity index (χ1n) is 2.61. The fourth-order valence-corrected chi connectivity index (χ4v) is 0.673. The van der Waals surface area contributed by atoms with Crippen LogP contribution in [-0.4, -0.2) is 24.6 Å². The Morgan fingerprint density at radius 3 is 3.20 bits per heavy atom. The smallest absolute Gasteiger partial charge is 0.296 e. The molecule has 2 rings (SSSR count). The van der Waals surface area contributed by atoms with E-state index in [0.717, 1.165) is 4.52 Å². The highest BCUT2D eigenvalue weighted by Crippen LogP contribution is 1.80. The second kappa shape index (κ2) is 1.63. The molecule has 0 saturated carbocycles. The Balaban J connectivity index is 3.09. The van der Waals surface area contributed by atoms with Gasteiger partial charge in [0, 0.05) is 0 Å². The summed E-state index contributed by atoms with van der Waals surface area (Å²) < 4.78 is 1.08. The molecule has 2 heterocycles. The Morgan fingerprint density at radius 2 is 2.40 bits per heavy atom. The second-order valence-corrected chi connectivity index (χ2v) is 1.68. The van der Waals surface area contributed by atoms with E-state index in [1.807, 2.05) is 0 Å². The monoisotopic (exact) mass is 137 g/mol. The lowest BCUT2D eigenvalue weighted by Gasteiger charge is -1.83. The summed E-state index contributed by atoms with van der Waals surface area (Å²) >= 11 is 0. The van der Waals surface area contributed by atoms with Gasteiger partial charge in [-0.1, -0.05) is 0 Å². The largest absolute Gasteiger partial charge is 0.350 e. The van der Waals surface area contributed by atoms with Gasteiger partial charge in [-0.25, -0.2) is 9.78 Å². The lowest BCUT2D eigenvalue weighted by molar-refractivity contribution is 0.839. The average Bonchev–Trinajstić information content (AvgIpc) is 2.36. The summed E-state index contributed by atoms with van der Waals surface area (Å²) in [6.07, 6.45) is 2.56. The molecule has 0 aromatic carbocycles. The zero-order valence-corrected chi connectivity index (χ0v) is 4.85. The molecule has 0 spiro atoms. The number of hydrogen-bond donors (Lipinski definition) is 1. The number of aromatic nitrogens is 5. The van der Waals surface area contributed by atoms with E-state index >= 15 is 0 Å². The third-order valence-corrected chi connectivity index (χ3v) is 1.09. The van der Waals surface area contributed by atoms with Gasteiger partial charge in [0.1, 0.15) is 12.7 Å². The van der Waals surface area contributed by atoms with Crippen molar-refractivity contribution in [3.63, 3.8) is 0 Å². The molecule has 0 aliphatic rings. The van der Waals surface area contributed by atoms with Crippen molar-refractivity contribution in [1.82, 2.24) is 24.6 Å². The van der Waals surface area contributed by atoms with E-state index in [1.165, 1.54) is 12.7 Å². The van der Waals surface area contributed by atoms with Gasteiger partial charge >= 0.3 is 5.69 Å². The molecule has 1 N–H and O–H groups in total. The first-order valence-corrected chi connectivity index (χ1v) is 2.61. The van der Waals surface area contributed by atoms with Crippen molar-refractivity contribution in [3.8, 4) is 0 Å². The number of aromatic amines is 1. The highest BCUT2D eigenvalue weighted by molar-refractivity contribution is 5.20. The number of nitrogens with one attached hydrogen (secondary N) is 1. The molecule has 0 aliphatic heterocycles. The minimum atomic E-state index is -0.331. The summed E-state index contributed by atoms with van der Waals surface area (Å²) in [4.78, 5) is 20.6. The van der Waals surface area contributed by atoms with Gasteiger partial charge in [0.15, 0.2) is 0 Å². The van der Waals surface area contributed by atoms with E-state index in [-0.39, 0.29) is 5.69 Å². The molecule has 0 radical (unpaired) electrons. The van der Waals surface area contributed by atoms with Gasteiger partial charge < -0.3 is 0 Å². The maximum absolute atomic E-state index is 10.8. The predicted molar refractivity (Wildman–Crippen MR) is 31.4 cm³/mol. The number of fused-ring (bicyclic) bond motifs is 1. The van der Waals surface area contributed by atoms with Gasteiger partial charge in [-0.15, -0.1) is 9.61 Å². The lowest BCUT2D eigenvalue weighted by Crippen LogP contribution is -2.17. The molecule has 2 aromatic heterocycles. The zero-order valence-electron chi connectivity index (χ0n) is 4.85. The molecule has 0 aliphatic carbocycles. The van der Waals surface area contributed by atoms with E-state index in [0.29, 0.717) is 5.78 Å². The molecule has 0 fully saturated rings. The van der Waals surface area contributed by atoms with Crippen LogP contribution in [-0.2, 0) is 0 Å². The van der Waals surface area contributed by atoms with Crippen molar-refractivity contribution >= 4 is 5.78 Å². The Bertz CT molecular complexity index is 401. The minimum Gasteiger partial charge on any atom is -0.296 e. The Kier molecular flexibility index (Phi) is 0.830. The van der Waals surface area contributed by atoms with Gasteiger partial charge in [0.25, 0.3) is 5.78 Å². The molecule has 0 amide bonds. The summed E-state index contributed by atoms with van der Waals surface area (Å²) in [5, 5.41) is 3.62. The van der Waals surface area contributed by atoms with E-state index in [9.17, 15) is 4.79 Å². The molecule has 6 heteroatoms. The first kappa shape index (κ1) is 5.10. The maximum atomic E-state index is 10.8. The summed E-state index contributed by atoms with van der Waals surface area (Å²) in [6.45, 7) is 0. The van der Waals surface area contributed by atoms with Gasteiger partial charge in [-0.2, -0.15) is 4.98 Å². The summed E-state index contributed by atoms with van der Waals surface area (Å²) in [5.74, 6) is 0.309. The molecule has 0 saturated heterocycles. The van der Waals surface area contributed by atoms with Gasteiger partial charge in [-0.05, 0) is 0 Å². The third-order valence-electron chi connectivity index (χ3n) is 1.09. The van der Waals surface area contributed by atoms with E-state index in [1.54, 1.807) is 0 Å². The van der Waals surface area contributed by atoms with E-state index in [2.05, 4.69) is 20.1 Å². The van der Waals surface area contributed by atoms with Gasteiger partial charge in [-0.3, -0.25) is 4.98 Å². The quantitative estimate of drug-likeness (QED) is 0.495. The number of hydrogen-bond acceptors (Lipinski definition) is 4. The minimum absolute atomic E-state index is 0.309. The van der Waals surface area contributed by atoms with Crippen molar-refractivity contribution in [2.75, 3.05) is 0 Å². The lowest BCUT2D eigenvalue weighted by atomic mass is 11.0. The van der Waals surface area contributed by atoms with Crippen LogP contribution in [0.2, 0.25) is 0 Å². The van der Waals surface area contributed by atoms with Crippen LogP contribution in [0, 0.1) is 0 Å². The summed E-state index contributed by atoms with van der Waals surface area (Å²) in [6, 6.07) is 0. The number of rotatable bonds is 0. The molecule has 2 aromatic rings. The second-order valence-electron chi connectivity index (χ2n) is 1.68. The Hall–Kier alpha value is -1.72. The van der Waals surface area contributed by atoms with Crippen molar-refractivity contribution in [1.29, 1.82) is 0 Å². The third kappa shape index (κ3) is 0.524. The van der Waals surface area contributed by atoms with Crippen LogP contribution in [0.1, 0.15) is 0 Å². The molecular weight excluding hydrogens is 134 g/mol. The van der Waals surface area contributed by atoms with Crippen LogP contribution in [0.4, 0.5) is 0 Å². The molecule has 0 unspecified atom stereocenters. The highest BCUT2D eigenvalue weighted by Gasteiger charge is 1.95. The van der Waals surface area contributed by atoms with Crippen LogP contribution < -0.4 is 5.69 Å². The maximum Gasteiger partial charge on any atom is 0.350 e. The summed E-state index contributed by atoms with van der Waals surface area (Å²) in [5.41, 5.74) is -0.331. The van der Waals surface area contributed by atoms with Crippen LogP contribution in [0.25, 0.3) is 5.78 Å². The van der Waals surface area contributed by atoms with Crippen LogP contribution in [0.5, 0.6) is 0 Å². The van der Waals surface area contributed by atoms with E-state index in [4.69, 9.17) is 0 Å². The first-order chi connectivity index (χ1) is 4.88. The highest BCUT2D eigenvalue weighted by atomic mass is 16.1. The fraction of sp³-hybridized carbons (Fsp3) is 0. The van der Waals surface area contributed by atoms with Crippen molar-refractivity contribution in [3.05, 3.63) is 23.1 Å². The van der Waals surface area contributed by atoms with Gasteiger partial charge in [0.2, 0.25) is 0 Å². The van der Waals surface area contributed by atoms with Crippen molar-refractivity contribution in [2.45, 2.75) is 0 Å². The molecular formula is C4H3N5O. The predicted octanol–water partition coefficient (Wildman–Crippen LogP) is -1.19. The van der Waals surface area contributed by atoms with Crippen molar-refractivity contribution < 1.29 is 0 Å². The summed E-state index contributed by atoms with van der Waals surface area (Å²) in [7, 11) is 0. The van der Waals surface area contributed by atoms with E-state index < -0.39 is 0 Å². The molecule has 0 bridgehead atoms. The Morgan fingerprint density at radius 1 is 1.50 bits per heavy atom. The number of H-pyrrole nitrogens is 1. The van der Waals surface area contributed by atoms with Crippen LogP contribution in [0.3, 0.4) is 0 Å². The number of nitrogens with zero attached hydrogens (tertiary/aromatic N) is 4. The Labute approximate surface area is 54.6 Å². The topological polar surface area (TPSA) is 75.9 Å². The standard InChI is InChI=1S/C4H3N5O/c10-4-7-1-5-3-6-2-8-9(3)4/h1-2H,(H,5,6,7,8,10). The molecule has 50 valence electrons. The fourth-order valence-electron chi connectivity index (χ4n) is 0.673. The van der Waals surface area contributed by atoms with Gasteiger partial charge in [0.05, 0.1) is 0 Å². The SMILES string of the molecule is O=c1[nH]cnc2ncnn12. The van der Waals surface area contributed by atoms with Crippen LogP contribution in [0.15, 0.2) is 17.4 Å². The zero-order chi connectivity index (χ0) is 6.97. The normalized spacial score (nSPS) is 10.4. The molecule has 6 nitrogen and oxygen atoms in total. The molecule has 0 atom stereocenters.